The Morgan fingerprint density at radius 2 is 1.95 bits per heavy atom. The van der Waals surface area contributed by atoms with Crippen LogP contribution in [-0.4, -0.2) is 29.9 Å². The molecule has 1 aliphatic heterocycles. The van der Waals surface area contributed by atoms with E-state index in [1.54, 1.807) is 12.1 Å². The highest BCUT2D eigenvalue weighted by molar-refractivity contribution is 5.77. The third kappa shape index (κ3) is 3.80. The van der Waals surface area contributed by atoms with Crippen molar-refractivity contribution < 1.29 is 4.79 Å². The molecule has 2 rings (SSSR count). The molecule has 1 fully saturated rings. The van der Waals surface area contributed by atoms with E-state index >= 15 is 0 Å². The summed E-state index contributed by atoms with van der Waals surface area (Å²) in [6.45, 7) is 1.75. The second kappa shape index (κ2) is 6.35. The lowest BCUT2D eigenvalue weighted by Gasteiger charge is -2.18. The zero-order chi connectivity index (χ0) is 13.7. The van der Waals surface area contributed by atoms with Gasteiger partial charge in [-0.3, -0.25) is 4.79 Å². The molecule has 2 N–H and O–H groups in total. The maximum Gasteiger partial charge on any atom is 0.224 e. The van der Waals surface area contributed by atoms with E-state index in [0.717, 1.165) is 31.5 Å². The maximum absolute atomic E-state index is 11.9. The van der Waals surface area contributed by atoms with Crippen LogP contribution in [0.1, 0.15) is 30.4 Å². The van der Waals surface area contributed by atoms with Gasteiger partial charge in [0.15, 0.2) is 0 Å². The molecule has 0 radical (unpaired) electrons. The molecule has 1 amide bonds. The van der Waals surface area contributed by atoms with Crippen molar-refractivity contribution >= 4 is 5.91 Å². The van der Waals surface area contributed by atoms with Gasteiger partial charge >= 0.3 is 0 Å². The molecule has 1 aliphatic rings. The van der Waals surface area contributed by atoms with Gasteiger partial charge in [0.05, 0.1) is 11.6 Å². The molecule has 100 valence electrons. The molecule has 0 aliphatic carbocycles. The number of likely N-dealkylation sites (tertiary alicyclic amines) is 1. The van der Waals surface area contributed by atoms with Gasteiger partial charge in [0.2, 0.25) is 5.91 Å². The summed E-state index contributed by atoms with van der Waals surface area (Å²) in [5.41, 5.74) is 7.75. The van der Waals surface area contributed by atoms with Crippen molar-refractivity contribution in [1.82, 2.24) is 4.90 Å². The number of hydrogen-bond donors (Lipinski definition) is 1. The minimum atomic E-state index is -0.152. The molecule has 19 heavy (non-hydrogen) atoms. The van der Waals surface area contributed by atoms with Crippen LogP contribution < -0.4 is 5.73 Å². The Morgan fingerprint density at radius 3 is 2.53 bits per heavy atom. The van der Waals surface area contributed by atoms with E-state index in [-0.39, 0.29) is 11.9 Å². The van der Waals surface area contributed by atoms with E-state index in [2.05, 4.69) is 6.07 Å². The minimum absolute atomic E-state index is 0.152. The predicted molar refractivity (Wildman–Crippen MR) is 73.3 cm³/mol. The number of amides is 1. The summed E-state index contributed by atoms with van der Waals surface area (Å²) in [6, 6.07) is 9.30. The summed E-state index contributed by atoms with van der Waals surface area (Å²) < 4.78 is 0. The highest BCUT2D eigenvalue weighted by atomic mass is 16.2. The Hall–Kier alpha value is -1.86. The molecule has 4 nitrogen and oxygen atoms in total. The van der Waals surface area contributed by atoms with Crippen LogP contribution in [-0.2, 0) is 11.2 Å². The molecule has 1 aromatic carbocycles. The standard InChI is InChI=1S/C15H19N3O/c16-11-13-5-3-12(4-6-13)9-14(17)10-15(19)18-7-1-2-8-18/h3-6,14H,1-2,7-10,17H2/t14-/m1/s1. The van der Waals surface area contributed by atoms with Crippen molar-refractivity contribution in [3.8, 4) is 6.07 Å². The summed E-state index contributed by atoms with van der Waals surface area (Å²) in [4.78, 5) is 13.9. The molecule has 1 aromatic rings. The van der Waals surface area contributed by atoms with Crippen molar-refractivity contribution in [2.45, 2.75) is 31.7 Å². The smallest absolute Gasteiger partial charge is 0.224 e. The van der Waals surface area contributed by atoms with Gasteiger partial charge in [0.25, 0.3) is 0 Å². The first-order valence-corrected chi connectivity index (χ1v) is 6.71. The molecule has 0 saturated carbocycles. The lowest BCUT2D eigenvalue weighted by atomic mass is 10.0. The van der Waals surface area contributed by atoms with Crippen molar-refractivity contribution in [3.05, 3.63) is 35.4 Å². The van der Waals surface area contributed by atoms with Crippen LogP contribution in [0.4, 0.5) is 0 Å². The van der Waals surface area contributed by atoms with Gasteiger partial charge in [-0.2, -0.15) is 5.26 Å². The third-order valence-corrected chi connectivity index (χ3v) is 3.48. The van der Waals surface area contributed by atoms with E-state index < -0.39 is 0 Å². The first-order valence-electron chi connectivity index (χ1n) is 6.71. The Labute approximate surface area is 113 Å². The monoisotopic (exact) mass is 257 g/mol. The van der Waals surface area contributed by atoms with E-state index in [4.69, 9.17) is 11.0 Å². The second-order valence-corrected chi connectivity index (χ2v) is 5.06. The van der Waals surface area contributed by atoms with Gasteiger partial charge in [-0.05, 0) is 37.0 Å². The summed E-state index contributed by atoms with van der Waals surface area (Å²) in [6.07, 6.45) is 3.29. The van der Waals surface area contributed by atoms with Crippen LogP contribution in [0.5, 0.6) is 0 Å². The number of benzene rings is 1. The van der Waals surface area contributed by atoms with Crippen LogP contribution in [0.3, 0.4) is 0 Å². The number of nitriles is 1. The molecule has 0 unspecified atom stereocenters. The Morgan fingerprint density at radius 1 is 1.32 bits per heavy atom. The van der Waals surface area contributed by atoms with Gasteiger partial charge in [-0.15, -0.1) is 0 Å². The van der Waals surface area contributed by atoms with Crippen molar-refractivity contribution in [1.29, 1.82) is 5.26 Å². The fourth-order valence-corrected chi connectivity index (χ4v) is 2.41. The van der Waals surface area contributed by atoms with E-state index in [1.807, 2.05) is 17.0 Å². The Kier molecular flexibility index (Phi) is 4.53. The Bertz CT molecular complexity index is 469. The topological polar surface area (TPSA) is 70.1 Å². The molecular formula is C15H19N3O. The first-order chi connectivity index (χ1) is 9.19. The Balaban J connectivity index is 1.84. The highest BCUT2D eigenvalue weighted by Crippen LogP contribution is 2.12. The van der Waals surface area contributed by atoms with Gasteiger partial charge in [0, 0.05) is 25.6 Å². The zero-order valence-electron chi connectivity index (χ0n) is 11.0. The van der Waals surface area contributed by atoms with E-state index in [0.29, 0.717) is 18.4 Å². The van der Waals surface area contributed by atoms with Crippen LogP contribution in [0.25, 0.3) is 0 Å². The van der Waals surface area contributed by atoms with Crippen molar-refractivity contribution in [2.75, 3.05) is 13.1 Å². The molecule has 1 atom stereocenters. The largest absolute Gasteiger partial charge is 0.343 e. The molecule has 0 aromatic heterocycles. The van der Waals surface area contributed by atoms with E-state index in [9.17, 15) is 4.79 Å². The molecule has 1 heterocycles. The lowest BCUT2D eigenvalue weighted by molar-refractivity contribution is -0.130. The third-order valence-electron chi connectivity index (χ3n) is 3.48. The van der Waals surface area contributed by atoms with Crippen LogP contribution in [0, 0.1) is 11.3 Å². The van der Waals surface area contributed by atoms with Crippen LogP contribution in [0.15, 0.2) is 24.3 Å². The maximum atomic E-state index is 11.9. The minimum Gasteiger partial charge on any atom is -0.343 e. The number of nitrogens with two attached hydrogens (primary N) is 1. The number of hydrogen-bond acceptors (Lipinski definition) is 3. The summed E-state index contributed by atoms with van der Waals surface area (Å²) >= 11 is 0. The molecule has 4 heteroatoms. The van der Waals surface area contributed by atoms with Crippen molar-refractivity contribution in [3.63, 3.8) is 0 Å². The lowest BCUT2D eigenvalue weighted by Crippen LogP contribution is -2.35. The molecule has 0 bridgehead atoms. The average Bonchev–Trinajstić information content (AvgIpc) is 2.93. The summed E-state index contributed by atoms with van der Waals surface area (Å²) in [7, 11) is 0. The summed E-state index contributed by atoms with van der Waals surface area (Å²) in [5.74, 6) is 0.165. The number of carbonyl (C=O) groups is 1. The van der Waals surface area contributed by atoms with Crippen LogP contribution in [0.2, 0.25) is 0 Å². The zero-order valence-corrected chi connectivity index (χ0v) is 11.0. The highest BCUT2D eigenvalue weighted by Gasteiger charge is 2.20. The number of nitrogens with zero attached hydrogens (tertiary/aromatic N) is 2. The normalized spacial score (nSPS) is 16.1. The van der Waals surface area contributed by atoms with Gasteiger partial charge < -0.3 is 10.6 Å². The number of carbonyl (C=O) groups excluding carboxylic acids is 1. The van der Waals surface area contributed by atoms with Crippen LogP contribution >= 0.6 is 0 Å². The molecular weight excluding hydrogens is 238 g/mol. The molecule has 0 spiro atoms. The first kappa shape index (κ1) is 13.6. The quantitative estimate of drug-likeness (QED) is 0.887. The summed E-state index contributed by atoms with van der Waals surface area (Å²) in [5, 5.41) is 8.73. The van der Waals surface area contributed by atoms with Crippen molar-refractivity contribution in [2.24, 2.45) is 5.73 Å². The fourth-order valence-electron chi connectivity index (χ4n) is 2.41. The fraction of sp³-hybridized carbons (Fsp3) is 0.467. The molecule has 1 saturated heterocycles. The second-order valence-electron chi connectivity index (χ2n) is 5.06. The number of rotatable bonds is 4. The van der Waals surface area contributed by atoms with Gasteiger partial charge in [-0.1, -0.05) is 12.1 Å². The predicted octanol–water partition coefficient (Wildman–Crippen LogP) is 1.44. The van der Waals surface area contributed by atoms with E-state index in [1.165, 1.54) is 0 Å². The SMILES string of the molecule is N#Cc1ccc(C[C@@H](N)CC(=O)N2CCCC2)cc1. The van der Waals surface area contributed by atoms with Gasteiger partial charge in [0.1, 0.15) is 0 Å². The average molecular weight is 257 g/mol. The van der Waals surface area contributed by atoms with Gasteiger partial charge in [-0.25, -0.2) is 0 Å².